The molecular formula is C53H33N5. The Morgan fingerprint density at radius 2 is 0.862 bits per heavy atom. The standard InChI is InChI=1S/C53H33N5/c1-2-11-40-32-41(27-18-34(40)10-1)52-43-29-28-39-12-9-14-44(50(39)51(43)42-13-3-4-17-47(42)56-52)53-57-48(37-23-19-35(20-24-37)45-15-5-7-30-54-45)33-49(58-53)38-25-21-36(22-26-38)46-16-6-8-31-55-46/h1-33H. The van der Waals surface area contributed by atoms with Crippen LogP contribution in [-0.4, -0.2) is 24.9 Å². The van der Waals surface area contributed by atoms with Gasteiger partial charge in [-0.3, -0.25) is 9.97 Å². The Bertz CT molecular complexity index is 3210. The fourth-order valence-corrected chi connectivity index (χ4v) is 8.12. The Labute approximate surface area is 335 Å². The van der Waals surface area contributed by atoms with Crippen LogP contribution in [0.4, 0.5) is 0 Å². The second-order valence-electron chi connectivity index (χ2n) is 14.5. The fourth-order valence-electron chi connectivity index (χ4n) is 8.12. The van der Waals surface area contributed by atoms with E-state index in [0.717, 1.165) is 94.3 Å². The normalized spacial score (nSPS) is 11.4. The van der Waals surface area contributed by atoms with E-state index in [1.165, 1.54) is 10.8 Å². The summed E-state index contributed by atoms with van der Waals surface area (Å²) in [6.45, 7) is 0. The monoisotopic (exact) mass is 739 g/mol. The molecule has 11 aromatic rings. The Hall–Kier alpha value is -7.89. The first-order valence-electron chi connectivity index (χ1n) is 19.4. The smallest absolute Gasteiger partial charge is 0.161 e. The number of fused-ring (bicyclic) bond motifs is 6. The predicted molar refractivity (Wildman–Crippen MR) is 238 cm³/mol. The lowest BCUT2D eigenvalue weighted by molar-refractivity contribution is 1.19. The molecule has 0 aliphatic carbocycles. The van der Waals surface area contributed by atoms with Crippen LogP contribution in [0.15, 0.2) is 200 Å². The number of pyridine rings is 3. The highest BCUT2D eigenvalue weighted by molar-refractivity contribution is 6.25. The van der Waals surface area contributed by atoms with Crippen molar-refractivity contribution >= 4 is 43.2 Å². The van der Waals surface area contributed by atoms with E-state index in [1.807, 2.05) is 48.8 Å². The number of rotatable bonds is 6. The van der Waals surface area contributed by atoms with Gasteiger partial charge in [0.05, 0.1) is 34.0 Å². The molecule has 0 amide bonds. The van der Waals surface area contributed by atoms with Crippen LogP contribution in [0.2, 0.25) is 0 Å². The van der Waals surface area contributed by atoms with E-state index in [4.69, 9.17) is 15.0 Å². The van der Waals surface area contributed by atoms with Gasteiger partial charge in [0.1, 0.15) is 0 Å². The fraction of sp³-hybridized carbons (Fsp3) is 0. The minimum Gasteiger partial charge on any atom is -0.256 e. The van der Waals surface area contributed by atoms with Gasteiger partial charge in [0.15, 0.2) is 5.82 Å². The summed E-state index contributed by atoms with van der Waals surface area (Å²) in [7, 11) is 0. The van der Waals surface area contributed by atoms with Gasteiger partial charge in [-0.1, -0.05) is 146 Å². The van der Waals surface area contributed by atoms with Gasteiger partial charge >= 0.3 is 0 Å². The van der Waals surface area contributed by atoms with E-state index in [1.54, 1.807) is 0 Å². The van der Waals surface area contributed by atoms with Crippen molar-refractivity contribution in [3.63, 3.8) is 0 Å². The molecule has 58 heavy (non-hydrogen) atoms. The van der Waals surface area contributed by atoms with Crippen molar-refractivity contribution in [3.8, 4) is 67.7 Å². The van der Waals surface area contributed by atoms with Crippen LogP contribution in [0.3, 0.4) is 0 Å². The summed E-state index contributed by atoms with van der Waals surface area (Å²) in [6.07, 6.45) is 3.65. The third-order valence-corrected chi connectivity index (χ3v) is 11.0. The molecule has 0 radical (unpaired) electrons. The molecule has 7 aromatic carbocycles. The first-order valence-corrected chi connectivity index (χ1v) is 19.4. The molecule has 5 heteroatoms. The molecule has 0 unspecified atom stereocenters. The van der Waals surface area contributed by atoms with Crippen molar-refractivity contribution in [1.82, 2.24) is 24.9 Å². The van der Waals surface area contributed by atoms with Crippen molar-refractivity contribution in [2.24, 2.45) is 0 Å². The van der Waals surface area contributed by atoms with Crippen molar-refractivity contribution in [3.05, 3.63) is 200 Å². The molecule has 0 atom stereocenters. The topological polar surface area (TPSA) is 64.5 Å². The zero-order chi connectivity index (χ0) is 38.4. The highest BCUT2D eigenvalue weighted by Crippen LogP contribution is 2.42. The molecular weight excluding hydrogens is 707 g/mol. The van der Waals surface area contributed by atoms with E-state index in [2.05, 4.69) is 162 Å². The van der Waals surface area contributed by atoms with Gasteiger partial charge in [0, 0.05) is 67.3 Å². The minimum absolute atomic E-state index is 0.654. The quantitative estimate of drug-likeness (QED) is 0.159. The zero-order valence-electron chi connectivity index (χ0n) is 31.3. The lowest BCUT2D eigenvalue weighted by atomic mass is 9.92. The van der Waals surface area contributed by atoms with Crippen LogP contribution >= 0.6 is 0 Å². The Kier molecular flexibility index (Phi) is 8.07. The van der Waals surface area contributed by atoms with Gasteiger partial charge < -0.3 is 0 Å². The number of hydrogen-bond donors (Lipinski definition) is 0. The molecule has 0 aliphatic heterocycles. The summed E-state index contributed by atoms with van der Waals surface area (Å²) in [4.78, 5) is 25.2. The first-order chi connectivity index (χ1) is 28.7. The van der Waals surface area contributed by atoms with Crippen LogP contribution in [0.25, 0.3) is 111 Å². The molecule has 0 N–H and O–H groups in total. The second-order valence-corrected chi connectivity index (χ2v) is 14.5. The Morgan fingerprint density at radius 1 is 0.310 bits per heavy atom. The van der Waals surface area contributed by atoms with E-state index < -0.39 is 0 Å². The Balaban J connectivity index is 1.14. The Morgan fingerprint density at radius 3 is 1.52 bits per heavy atom. The predicted octanol–water partition coefficient (Wildman–Crippen LogP) is 13.3. The highest BCUT2D eigenvalue weighted by atomic mass is 14.9. The van der Waals surface area contributed by atoms with Gasteiger partial charge in [-0.15, -0.1) is 0 Å². The molecule has 0 aliphatic rings. The van der Waals surface area contributed by atoms with Crippen LogP contribution in [0.5, 0.6) is 0 Å². The first kappa shape index (κ1) is 33.4. The van der Waals surface area contributed by atoms with Crippen LogP contribution < -0.4 is 0 Å². The number of para-hydroxylation sites is 1. The summed E-state index contributed by atoms with van der Waals surface area (Å²) in [5, 5.41) is 7.91. The van der Waals surface area contributed by atoms with E-state index in [-0.39, 0.29) is 0 Å². The summed E-state index contributed by atoms with van der Waals surface area (Å²) in [6, 6.07) is 65.4. The van der Waals surface area contributed by atoms with E-state index >= 15 is 0 Å². The zero-order valence-corrected chi connectivity index (χ0v) is 31.3. The molecule has 270 valence electrons. The summed E-state index contributed by atoms with van der Waals surface area (Å²) < 4.78 is 0. The molecule has 0 saturated carbocycles. The maximum Gasteiger partial charge on any atom is 0.161 e. The SMILES string of the molecule is c1ccc(-c2ccc(-c3cc(-c4ccc(-c5ccccn5)cc4)nc(-c4cccc5ccc6c(-c7ccc8ccccc8c7)nc7ccccc7c6c45)n3)cc2)nc1. The lowest BCUT2D eigenvalue weighted by Crippen LogP contribution is -1.98. The average molecular weight is 740 g/mol. The van der Waals surface area contributed by atoms with Crippen molar-refractivity contribution in [2.75, 3.05) is 0 Å². The summed E-state index contributed by atoms with van der Waals surface area (Å²) in [5.41, 5.74) is 11.5. The van der Waals surface area contributed by atoms with Gasteiger partial charge in [0.25, 0.3) is 0 Å². The van der Waals surface area contributed by atoms with Crippen LogP contribution in [-0.2, 0) is 0 Å². The largest absolute Gasteiger partial charge is 0.256 e. The van der Waals surface area contributed by atoms with Gasteiger partial charge in [-0.25, -0.2) is 15.0 Å². The molecule has 4 aromatic heterocycles. The maximum atomic E-state index is 5.37. The maximum absolute atomic E-state index is 5.37. The molecule has 0 spiro atoms. The van der Waals surface area contributed by atoms with Crippen molar-refractivity contribution < 1.29 is 0 Å². The number of aromatic nitrogens is 5. The molecule has 0 fully saturated rings. The average Bonchev–Trinajstić information content (AvgIpc) is 3.31. The van der Waals surface area contributed by atoms with Gasteiger partial charge in [-0.05, 0) is 58.6 Å². The molecule has 4 heterocycles. The van der Waals surface area contributed by atoms with Crippen LogP contribution in [0.1, 0.15) is 0 Å². The number of benzene rings is 7. The summed E-state index contributed by atoms with van der Waals surface area (Å²) >= 11 is 0. The van der Waals surface area contributed by atoms with E-state index in [9.17, 15) is 0 Å². The van der Waals surface area contributed by atoms with Gasteiger partial charge in [-0.2, -0.15) is 0 Å². The summed E-state index contributed by atoms with van der Waals surface area (Å²) in [5.74, 6) is 0.654. The molecule has 11 rings (SSSR count). The van der Waals surface area contributed by atoms with Crippen molar-refractivity contribution in [2.45, 2.75) is 0 Å². The number of hydrogen-bond acceptors (Lipinski definition) is 5. The second kappa shape index (κ2) is 14.0. The van der Waals surface area contributed by atoms with Crippen LogP contribution in [0, 0.1) is 0 Å². The van der Waals surface area contributed by atoms with E-state index in [0.29, 0.717) is 5.82 Å². The van der Waals surface area contributed by atoms with Gasteiger partial charge in [0.2, 0.25) is 0 Å². The molecule has 5 nitrogen and oxygen atoms in total. The third kappa shape index (κ3) is 5.94. The number of nitrogens with zero attached hydrogens (tertiary/aromatic N) is 5. The highest BCUT2D eigenvalue weighted by Gasteiger charge is 2.19. The van der Waals surface area contributed by atoms with Crippen molar-refractivity contribution in [1.29, 1.82) is 0 Å². The molecule has 0 saturated heterocycles. The minimum atomic E-state index is 0.654. The molecule has 0 bridgehead atoms. The lowest BCUT2D eigenvalue weighted by Gasteiger charge is -2.16. The third-order valence-electron chi connectivity index (χ3n) is 11.0.